The fraction of sp³-hybridized carbons (Fsp3) is 0.211. The summed E-state index contributed by atoms with van der Waals surface area (Å²) >= 11 is 1.60. The first kappa shape index (κ1) is 18.2. The van der Waals surface area contributed by atoms with Crippen molar-refractivity contribution >= 4 is 21.8 Å². The van der Waals surface area contributed by atoms with Crippen LogP contribution in [-0.2, 0) is 21.4 Å². The largest absolute Gasteiger partial charge is 0.383 e. The summed E-state index contributed by atoms with van der Waals surface area (Å²) in [6.07, 6.45) is 3.45. The zero-order valence-electron chi connectivity index (χ0n) is 14.4. The smallest absolute Gasteiger partial charge is 0.240 e. The molecule has 3 aromatic rings. The lowest BCUT2D eigenvalue weighted by Gasteiger charge is -2.34. The Morgan fingerprint density at radius 1 is 1.15 bits per heavy atom. The Kier molecular flexibility index (Phi) is 4.81. The number of hydrogen-bond acceptors (Lipinski definition) is 5. The molecule has 27 heavy (non-hydrogen) atoms. The van der Waals surface area contributed by atoms with E-state index in [0.717, 1.165) is 22.6 Å². The Balaban J connectivity index is 1.53. The van der Waals surface area contributed by atoms with Crippen molar-refractivity contribution in [3.63, 3.8) is 0 Å². The van der Waals surface area contributed by atoms with Gasteiger partial charge in [0.15, 0.2) is 0 Å². The second-order valence-corrected chi connectivity index (χ2v) is 9.20. The van der Waals surface area contributed by atoms with E-state index in [1.165, 1.54) is 12.1 Å². The Bertz CT molecular complexity index is 1030. The highest BCUT2D eigenvalue weighted by Crippen LogP contribution is 2.36. The summed E-state index contributed by atoms with van der Waals surface area (Å²) in [5.41, 5.74) is 1.39. The number of hydrogen-bond donors (Lipinski definition) is 2. The van der Waals surface area contributed by atoms with Crippen LogP contribution in [0.25, 0.3) is 5.69 Å². The first-order valence-corrected chi connectivity index (χ1v) is 11.1. The van der Waals surface area contributed by atoms with Gasteiger partial charge < -0.3 is 5.11 Å². The summed E-state index contributed by atoms with van der Waals surface area (Å²) in [6, 6.07) is 15.9. The molecule has 1 aromatic heterocycles. The van der Waals surface area contributed by atoms with Crippen LogP contribution in [0.15, 0.2) is 71.9 Å². The van der Waals surface area contributed by atoms with Gasteiger partial charge in [0.1, 0.15) is 5.60 Å². The lowest BCUT2D eigenvalue weighted by atomic mass is 9.91. The predicted octanol–water partition coefficient (Wildman–Crippen LogP) is 2.29. The summed E-state index contributed by atoms with van der Waals surface area (Å²) in [5, 5.41) is 15.2. The highest BCUT2D eigenvalue weighted by molar-refractivity contribution is 7.98. The van der Waals surface area contributed by atoms with E-state index >= 15 is 0 Å². The SMILES string of the molecule is O=S(=O)(NCC1(O)CSCc2ccccc21)c1ccc(-n2cccn2)cc1. The van der Waals surface area contributed by atoms with E-state index in [1.807, 2.05) is 24.3 Å². The van der Waals surface area contributed by atoms with Gasteiger partial charge in [-0.3, -0.25) is 0 Å². The molecule has 0 bridgehead atoms. The van der Waals surface area contributed by atoms with Gasteiger partial charge in [0, 0.05) is 30.4 Å². The summed E-state index contributed by atoms with van der Waals surface area (Å²) in [5.74, 6) is 1.27. The minimum Gasteiger partial charge on any atom is -0.383 e. The van der Waals surface area contributed by atoms with Gasteiger partial charge in [-0.15, -0.1) is 0 Å². The molecule has 1 aliphatic rings. The molecule has 4 rings (SSSR count). The van der Waals surface area contributed by atoms with Crippen LogP contribution in [0.2, 0.25) is 0 Å². The average Bonchev–Trinajstić information content (AvgIpc) is 3.22. The molecule has 0 radical (unpaired) electrons. The van der Waals surface area contributed by atoms with E-state index in [-0.39, 0.29) is 11.4 Å². The van der Waals surface area contributed by atoms with Crippen molar-refractivity contribution in [2.45, 2.75) is 16.2 Å². The van der Waals surface area contributed by atoms with Gasteiger partial charge in [-0.1, -0.05) is 24.3 Å². The third-order valence-corrected chi connectivity index (χ3v) is 7.20. The molecule has 6 nitrogen and oxygen atoms in total. The standard InChI is InChI=1S/C19H19N3O3S2/c23-19(14-26-12-15-4-1-2-5-18(15)19)13-21-27(24,25)17-8-6-16(7-9-17)22-11-3-10-20-22/h1-11,21,23H,12-14H2. The second-order valence-electron chi connectivity index (χ2n) is 6.45. The van der Waals surface area contributed by atoms with Gasteiger partial charge in [-0.2, -0.15) is 16.9 Å². The van der Waals surface area contributed by atoms with E-state index < -0.39 is 15.6 Å². The molecule has 1 aliphatic heterocycles. The quantitative estimate of drug-likeness (QED) is 0.685. The lowest BCUT2D eigenvalue weighted by molar-refractivity contribution is 0.0659. The molecule has 2 aromatic carbocycles. The first-order chi connectivity index (χ1) is 13.0. The molecule has 2 heterocycles. The van der Waals surface area contributed by atoms with Crippen LogP contribution in [0, 0.1) is 0 Å². The molecule has 0 aliphatic carbocycles. The Morgan fingerprint density at radius 2 is 1.93 bits per heavy atom. The highest BCUT2D eigenvalue weighted by atomic mass is 32.2. The molecule has 8 heteroatoms. The van der Waals surface area contributed by atoms with Gasteiger partial charge >= 0.3 is 0 Å². The average molecular weight is 402 g/mol. The van der Waals surface area contributed by atoms with Gasteiger partial charge in [-0.05, 0) is 41.5 Å². The fourth-order valence-electron chi connectivity index (χ4n) is 3.15. The number of nitrogens with zero attached hydrogens (tertiary/aromatic N) is 2. The number of benzene rings is 2. The van der Waals surface area contributed by atoms with Gasteiger partial charge in [0.25, 0.3) is 0 Å². The molecular formula is C19H19N3O3S2. The van der Waals surface area contributed by atoms with Crippen LogP contribution < -0.4 is 4.72 Å². The van der Waals surface area contributed by atoms with Crippen molar-refractivity contribution in [1.29, 1.82) is 0 Å². The first-order valence-electron chi connectivity index (χ1n) is 8.46. The molecule has 140 valence electrons. The van der Waals surface area contributed by atoms with Crippen LogP contribution in [0.3, 0.4) is 0 Å². The molecule has 0 fully saturated rings. The molecule has 1 unspecified atom stereocenters. The number of fused-ring (bicyclic) bond motifs is 1. The van der Waals surface area contributed by atoms with Crippen molar-refractivity contribution in [2.24, 2.45) is 0 Å². The topological polar surface area (TPSA) is 84.2 Å². The van der Waals surface area contributed by atoms with Crippen LogP contribution in [0.1, 0.15) is 11.1 Å². The Hall–Kier alpha value is -2.13. The van der Waals surface area contributed by atoms with Crippen molar-refractivity contribution in [2.75, 3.05) is 12.3 Å². The summed E-state index contributed by atoms with van der Waals surface area (Å²) in [4.78, 5) is 0.152. The number of aromatic nitrogens is 2. The second kappa shape index (κ2) is 7.12. The maximum absolute atomic E-state index is 12.7. The maximum atomic E-state index is 12.7. The summed E-state index contributed by atoms with van der Waals surface area (Å²) in [7, 11) is -3.73. The molecule has 0 saturated heterocycles. The van der Waals surface area contributed by atoms with Crippen LogP contribution in [-0.4, -0.2) is 35.6 Å². The Labute approximate surface area is 162 Å². The number of thioether (sulfide) groups is 1. The van der Waals surface area contributed by atoms with Crippen molar-refractivity contribution in [3.8, 4) is 5.69 Å². The van der Waals surface area contributed by atoms with Crippen LogP contribution >= 0.6 is 11.8 Å². The highest BCUT2D eigenvalue weighted by Gasteiger charge is 2.35. The predicted molar refractivity (Wildman–Crippen MR) is 105 cm³/mol. The zero-order valence-corrected chi connectivity index (χ0v) is 16.1. The number of nitrogens with one attached hydrogen (secondary N) is 1. The summed E-state index contributed by atoms with van der Waals surface area (Å²) in [6.45, 7) is -0.0692. The van der Waals surface area contributed by atoms with E-state index in [2.05, 4.69) is 9.82 Å². The summed E-state index contributed by atoms with van der Waals surface area (Å²) < 4.78 is 29.6. The minimum atomic E-state index is -3.73. The third kappa shape index (κ3) is 3.66. The molecule has 0 saturated carbocycles. The van der Waals surface area contributed by atoms with E-state index in [0.29, 0.717) is 5.75 Å². The number of rotatable bonds is 5. The lowest BCUT2D eigenvalue weighted by Crippen LogP contribution is -2.44. The molecule has 0 amide bonds. The van der Waals surface area contributed by atoms with E-state index in [9.17, 15) is 13.5 Å². The van der Waals surface area contributed by atoms with Gasteiger partial charge in [-0.25, -0.2) is 17.8 Å². The normalized spacial score (nSPS) is 19.6. The molecule has 1 atom stereocenters. The van der Waals surface area contributed by atoms with Crippen molar-refractivity contribution in [3.05, 3.63) is 78.1 Å². The zero-order chi connectivity index (χ0) is 18.9. The fourth-order valence-corrected chi connectivity index (χ4v) is 5.41. The minimum absolute atomic E-state index is 0.0692. The van der Waals surface area contributed by atoms with Gasteiger partial charge in [0.2, 0.25) is 10.0 Å². The molecule has 0 spiro atoms. The third-order valence-electron chi connectivity index (χ3n) is 4.59. The van der Waals surface area contributed by atoms with Crippen molar-refractivity contribution in [1.82, 2.24) is 14.5 Å². The van der Waals surface area contributed by atoms with E-state index in [1.54, 1.807) is 47.0 Å². The number of aliphatic hydroxyl groups is 1. The van der Waals surface area contributed by atoms with Crippen LogP contribution in [0.4, 0.5) is 0 Å². The van der Waals surface area contributed by atoms with Crippen molar-refractivity contribution < 1.29 is 13.5 Å². The monoisotopic (exact) mass is 401 g/mol. The Morgan fingerprint density at radius 3 is 2.67 bits per heavy atom. The molecular weight excluding hydrogens is 382 g/mol. The van der Waals surface area contributed by atoms with Gasteiger partial charge in [0.05, 0.1) is 10.6 Å². The van der Waals surface area contributed by atoms with Crippen LogP contribution in [0.5, 0.6) is 0 Å². The molecule has 2 N–H and O–H groups in total. The van der Waals surface area contributed by atoms with E-state index in [4.69, 9.17) is 0 Å². The number of sulfonamides is 1. The maximum Gasteiger partial charge on any atom is 0.240 e.